The Kier molecular flexibility index (Phi) is 5.13. The van der Waals surface area contributed by atoms with Gasteiger partial charge in [-0.25, -0.2) is 9.97 Å². The van der Waals surface area contributed by atoms with E-state index in [1.54, 1.807) is 24.8 Å². The number of carbonyl (C=O) groups excluding carboxylic acids is 1. The van der Waals surface area contributed by atoms with E-state index >= 15 is 0 Å². The van der Waals surface area contributed by atoms with Crippen LogP contribution in [-0.2, 0) is 6.42 Å². The SMILES string of the molecule is O=C(c1cncnc1)N1CCCC(CCc2noc(-c3cccnc3)n2)C1. The molecule has 1 saturated heterocycles. The standard InChI is InChI=1S/C19H20N6O2/c26-19(16-10-21-13-22-11-16)25-8-2-3-14(12-25)5-6-17-23-18(27-24-17)15-4-1-7-20-9-15/h1,4,7,9-11,13-14H,2-3,5-6,8,12H2. The van der Waals surface area contributed by atoms with Crippen LogP contribution in [0.2, 0.25) is 0 Å². The van der Waals surface area contributed by atoms with Crippen molar-refractivity contribution in [3.63, 3.8) is 0 Å². The number of rotatable bonds is 5. The molecule has 27 heavy (non-hydrogen) atoms. The number of nitrogens with zero attached hydrogens (tertiary/aromatic N) is 6. The van der Waals surface area contributed by atoms with Gasteiger partial charge in [0.05, 0.1) is 11.1 Å². The molecule has 3 aromatic rings. The average molecular weight is 364 g/mol. The zero-order chi connectivity index (χ0) is 18.5. The van der Waals surface area contributed by atoms with E-state index in [0.717, 1.165) is 44.3 Å². The fraction of sp³-hybridized carbons (Fsp3) is 0.368. The highest BCUT2D eigenvalue weighted by Gasteiger charge is 2.25. The van der Waals surface area contributed by atoms with E-state index in [0.29, 0.717) is 23.2 Å². The number of amides is 1. The second-order valence-corrected chi connectivity index (χ2v) is 6.68. The normalized spacial score (nSPS) is 17.0. The maximum Gasteiger partial charge on any atom is 0.259 e. The molecule has 0 saturated carbocycles. The molecule has 1 atom stereocenters. The fourth-order valence-corrected chi connectivity index (χ4v) is 3.37. The Bertz CT molecular complexity index is 883. The summed E-state index contributed by atoms with van der Waals surface area (Å²) in [6.45, 7) is 1.51. The van der Waals surface area contributed by atoms with Crippen molar-refractivity contribution in [3.8, 4) is 11.5 Å². The Hall–Kier alpha value is -3.16. The largest absolute Gasteiger partial charge is 0.338 e. The number of likely N-dealkylation sites (tertiary alicyclic amines) is 1. The van der Waals surface area contributed by atoms with Crippen LogP contribution < -0.4 is 0 Å². The van der Waals surface area contributed by atoms with Gasteiger partial charge in [-0.1, -0.05) is 5.16 Å². The second-order valence-electron chi connectivity index (χ2n) is 6.68. The molecule has 8 heteroatoms. The Morgan fingerprint density at radius 2 is 2.11 bits per heavy atom. The van der Waals surface area contributed by atoms with Crippen molar-refractivity contribution >= 4 is 5.91 Å². The van der Waals surface area contributed by atoms with Gasteiger partial charge >= 0.3 is 0 Å². The first-order chi connectivity index (χ1) is 13.3. The molecule has 0 radical (unpaired) electrons. The lowest BCUT2D eigenvalue weighted by atomic mass is 9.93. The number of piperidine rings is 1. The lowest BCUT2D eigenvalue weighted by Gasteiger charge is -2.32. The van der Waals surface area contributed by atoms with Crippen molar-refractivity contribution in [1.29, 1.82) is 0 Å². The molecule has 0 aromatic carbocycles. The van der Waals surface area contributed by atoms with Crippen LogP contribution in [0.1, 0.15) is 35.4 Å². The van der Waals surface area contributed by atoms with Crippen molar-refractivity contribution in [3.05, 3.63) is 54.6 Å². The van der Waals surface area contributed by atoms with Crippen molar-refractivity contribution in [2.45, 2.75) is 25.7 Å². The van der Waals surface area contributed by atoms with Crippen LogP contribution in [0.15, 0.2) is 47.8 Å². The van der Waals surface area contributed by atoms with Crippen LogP contribution >= 0.6 is 0 Å². The van der Waals surface area contributed by atoms with Crippen molar-refractivity contribution in [2.75, 3.05) is 13.1 Å². The first kappa shape index (κ1) is 17.3. The minimum absolute atomic E-state index is 0.00118. The molecule has 8 nitrogen and oxygen atoms in total. The van der Waals surface area contributed by atoms with E-state index in [-0.39, 0.29) is 5.91 Å². The molecule has 1 amide bonds. The van der Waals surface area contributed by atoms with E-state index in [9.17, 15) is 4.79 Å². The summed E-state index contributed by atoms with van der Waals surface area (Å²) in [4.78, 5) is 30.9. The molecule has 138 valence electrons. The van der Waals surface area contributed by atoms with Crippen LogP contribution in [0.3, 0.4) is 0 Å². The van der Waals surface area contributed by atoms with Gasteiger partial charge in [0.1, 0.15) is 6.33 Å². The first-order valence-electron chi connectivity index (χ1n) is 9.07. The third-order valence-corrected chi connectivity index (χ3v) is 4.77. The molecular weight excluding hydrogens is 344 g/mol. The monoisotopic (exact) mass is 364 g/mol. The third kappa shape index (κ3) is 4.16. The van der Waals surface area contributed by atoms with Gasteiger partial charge in [-0.05, 0) is 37.3 Å². The maximum atomic E-state index is 12.6. The lowest BCUT2D eigenvalue weighted by Crippen LogP contribution is -2.40. The molecule has 3 aromatic heterocycles. The molecule has 1 aliphatic rings. The molecular formula is C19H20N6O2. The maximum absolute atomic E-state index is 12.6. The molecule has 0 spiro atoms. The summed E-state index contributed by atoms with van der Waals surface area (Å²) >= 11 is 0. The van der Waals surface area contributed by atoms with E-state index in [1.807, 2.05) is 17.0 Å². The number of aromatic nitrogens is 5. The van der Waals surface area contributed by atoms with E-state index in [2.05, 4.69) is 25.1 Å². The third-order valence-electron chi connectivity index (χ3n) is 4.77. The highest BCUT2D eigenvalue weighted by molar-refractivity contribution is 5.93. The Labute approximate surface area is 156 Å². The molecule has 1 fully saturated rings. The van der Waals surface area contributed by atoms with Gasteiger partial charge in [-0.2, -0.15) is 4.98 Å². The van der Waals surface area contributed by atoms with Crippen LogP contribution in [0.5, 0.6) is 0 Å². The number of aryl methyl sites for hydroxylation is 1. The van der Waals surface area contributed by atoms with Crippen LogP contribution in [0.25, 0.3) is 11.5 Å². The smallest absolute Gasteiger partial charge is 0.259 e. The van der Waals surface area contributed by atoms with Gasteiger partial charge in [0.2, 0.25) is 0 Å². The summed E-state index contributed by atoms with van der Waals surface area (Å²) in [5, 5.41) is 4.07. The molecule has 4 rings (SSSR count). The predicted octanol–water partition coefficient (Wildman–Crippen LogP) is 2.41. The van der Waals surface area contributed by atoms with Crippen molar-refractivity contribution in [1.82, 2.24) is 30.0 Å². The van der Waals surface area contributed by atoms with Crippen LogP contribution in [-0.4, -0.2) is 49.0 Å². The summed E-state index contributed by atoms with van der Waals surface area (Å²) < 4.78 is 5.33. The van der Waals surface area contributed by atoms with E-state index in [4.69, 9.17) is 4.52 Å². The highest BCUT2D eigenvalue weighted by Crippen LogP contribution is 2.23. The first-order valence-corrected chi connectivity index (χ1v) is 9.07. The molecule has 0 aliphatic carbocycles. The molecule has 4 heterocycles. The number of hydrogen-bond acceptors (Lipinski definition) is 7. The topological polar surface area (TPSA) is 97.9 Å². The Balaban J connectivity index is 1.34. The van der Waals surface area contributed by atoms with Gasteiger partial charge < -0.3 is 9.42 Å². The van der Waals surface area contributed by atoms with Crippen molar-refractivity contribution < 1.29 is 9.32 Å². The number of carbonyl (C=O) groups is 1. The fourth-order valence-electron chi connectivity index (χ4n) is 3.37. The summed E-state index contributed by atoms with van der Waals surface area (Å²) in [5.41, 5.74) is 1.35. The predicted molar refractivity (Wildman–Crippen MR) is 96.5 cm³/mol. The van der Waals surface area contributed by atoms with Crippen molar-refractivity contribution in [2.24, 2.45) is 5.92 Å². The molecule has 0 bridgehead atoms. The lowest BCUT2D eigenvalue weighted by molar-refractivity contribution is 0.0667. The number of pyridine rings is 1. The Morgan fingerprint density at radius 1 is 1.22 bits per heavy atom. The van der Waals surface area contributed by atoms with Crippen LogP contribution in [0.4, 0.5) is 0 Å². The van der Waals surface area contributed by atoms with Gasteiger partial charge in [-0.3, -0.25) is 9.78 Å². The highest BCUT2D eigenvalue weighted by atomic mass is 16.5. The molecule has 1 aliphatic heterocycles. The van der Waals surface area contributed by atoms with Gasteiger partial charge in [-0.15, -0.1) is 0 Å². The number of hydrogen-bond donors (Lipinski definition) is 0. The minimum atomic E-state index is -0.00118. The summed E-state index contributed by atoms with van der Waals surface area (Å²) in [6, 6.07) is 3.73. The van der Waals surface area contributed by atoms with Gasteiger partial charge in [0.25, 0.3) is 11.8 Å². The average Bonchev–Trinajstić information content (AvgIpc) is 3.22. The summed E-state index contributed by atoms with van der Waals surface area (Å²) in [7, 11) is 0. The van der Waals surface area contributed by atoms with E-state index in [1.165, 1.54) is 6.33 Å². The minimum Gasteiger partial charge on any atom is -0.338 e. The Morgan fingerprint density at radius 3 is 2.93 bits per heavy atom. The van der Waals surface area contributed by atoms with Gasteiger partial charge in [0.15, 0.2) is 5.82 Å². The zero-order valence-electron chi connectivity index (χ0n) is 14.9. The van der Waals surface area contributed by atoms with Gasteiger partial charge in [0, 0.05) is 44.3 Å². The quantitative estimate of drug-likeness (QED) is 0.685. The summed E-state index contributed by atoms with van der Waals surface area (Å²) in [5.74, 6) is 1.60. The van der Waals surface area contributed by atoms with Crippen LogP contribution in [0, 0.1) is 5.92 Å². The second kappa shape index (κ2) is 8.03. The molecule has 1 unspecified atom stereocenters. The van der Waals surface area contributed by atoms with E-state index < -0.39 is 0 Å². The summed E-state index contributed by atoms with van der Waals surface area (Å²) in [6.07, 6.45) is 11.7. The molecule has 0 N–H and O–H groups in total. The zero-order valence-corrected chi connectivity index (χ0v) is 14.9.